The zero-order valence-corrected chi connectivity index (χ0v) is 42.4. The Morgan fingerprint density at radius 1 is 0.403 bits per heavy atom. The number of benzene rings is 4. The van der Waals surface area contributed by atoms with Crippen molar-refractivity contribution in [2.45, 2.75) is 210 Å². The second kappa shape index (κ2) is 23.1. The molecule has 0 aliphatic heterocycles. The van der Waals surface area contributed by atoms with E-state index in [1.807, 2.05) is 0 Å². The maximum atomic E-state index is 2.56. The van der Waals surface area contributed by atoms with Gasteiger partial charge in [0.2, 0.25) is 0 Å². The van der Waals surface area contributed by atoms with Gasteiger partial charge in [-0.05, 0) is 142 Å². The Morgan fingerprint density at radius 3 is 1.11 bits per heavy atom. The summed E-state index contributed by atoms with van der Waals surface area (Å²) in [5.41, 5.74) is 15.9. The minimum Gasteiger partial charge on any atom is -0.377 e. The maximum absolute atomic E-state index is 2.56. The molecule has 4 aromatic carbocycles. The van der Waals surface area contributed by atoms with E-state index in [0.717, 1.165) is 22.6 Å². The van der Waals surface area contributed by atoms with E-state index in [2.05, 4.69) is 145 Å². The summed E-state index contributed by atoms with van der Waals surface area (Å²) in [4.78, 5) is 2.27. The van der Waals surface area contributed by atoms with Crippen molar-refractivity contribution >= 4 is 32.1 Å². The van der Waals surface area contributed by atoms with Crippen molar-refractivity contribution < 1.29 is 0 Å². The van der Waals surface area contributed by atoms with Gasteiger partial charge < -0.3 is 4.90 Å². The average Bonchev–Trinajstić information content (AvgIpc) is 3.31. The minimum absolute atomic E-state index is 0.0867. The molecule has 336 valence electrons. The van der Waals surface area contributed by atoms with Gasteiger partial charge in [-0.25, -0.2) is 0 Å². The molecule has 4 saturated carbocycles. The lowest BCUT2D eigenvalue weighted by atomic mass is 9.82. The smallest absolute Gasteiger partial charge is 0.0440 e. The molecule has 1 nitrogen and oxygen atoms in total. The molecule has 0 spiro atoms. The third kappa shape index (κ3) is 11.5. The van der Waals surface area contributed by atoms with Gasteiger partial charge in [-0.1, -0.05) is 213 Å². The molecule has 0 atom stereocenters. The van der Waals surface area contributed by atoms with Crippen molar-refractivity contribution in [2.75, 3.05) is 19.0 Å². The SMILES string of the molecule is CC(C)c1cc(C(C)C)c(-c2ccccc2P(C2CCCCC2)C2CCCCC2)c(C(C)C)c1.CN(C)c1ccccc1-c1ccccc1P(C1CCCCC1)C1CCCCC1. The largest absolute Gasteiger partial charge is 0.377 e. The number of anilines is 1. The van der Waals surface area contributed by atoms with Gasteiger partial charge in [-0.3, -0.25) is 0 Å². The van der Waals surface area contributed by atoms with E-state index >= 15 is 0 Å². The topological polar surface area (TPSA) is 3.24 Å². The summed E-state index contributed by atoms with van der Waals surface area (Å²) in [6.45, 7) is 14.3. The van der Waals surface area contributed by atoms with Crippen LogP contribution < -0.4 is 15.5 Å². The third-order valence-electron chi connectivity index (χ3n) is 15.3. The zero-order chi connectivity index (χ0) is 43.6. The van der Waals surface area contributed by atoms with Crippen molar-refractivity contribution in [1.82, 2.24) is 0 Å². The van der Waals surface area contributed by atoms with Crippen LogP contribution in [-0.2, 0) is 0 Å². The van der Waals surface area contributed by atoms with Gasteiger partial charge in [0.1, 0.15) is 0 Å². The van der Waals surface area contributed by atoms with E-state index in [9.17, 15) is 0 Å². The molecule has 0 heterocycles. The van der Waals surface area contributed by atoms with Crippen LogP contribution in [0.5, 0.6) is 0 Å². The van der Waals surface area contributed by atoms with Gasteiger partial charge >= 0.3 is 0 Å². The summed E-state index contributed by atoms with van der Waals surface area (Å²) >= 11 is 0. The van der Waals surface area contributed by atoms with Crippen LogP contribution in [0, 0.1) is 0 Å². The van der Waals surface area contributed by atoms with Gasteiger partial charge in [-0.15, -0.1) is 0 Å². The second-order valence-corrected chi connectivity index (χ2v) is 26.5. The molecule has 4 aliphatic rings. The molecule has 0 N–H and O–H groups in total. The Morgan fingerprint density at radius 2 is 0.742 bits per heavy atom. The van der Waals surface area contributed by atoms with E-state index in [1.54, 1.807) is 32.9 Å². The molecule has 3 heteroatoms. The third-order valence-corrected chi connectivity index (χ3v) is 22.4. The molecule has 4 aliphatic carbocycles. The van der Waals surface area contributed by atoms with E-state index in [-0.39, 0.29) is 15.8 Å². The van der Waals surface area contributed by atoms with Gasteiger partial charge in [0.05, 0.1) is 0 Å². The van der Waals surface area contributed by atoms with E-state index in [1.165, 1.54) is 151 Å². The molecule has 62 heavy (non-hydrogen) atoms. The molecule has 4 aromatic rings. The predicted molar refractivity (Wildman–Crippen MR) is 281 cm³/mol. The Balaban J connectivity index is 0.000000190. The van der Waals surface area contributed by atoms with Gasteiger partial charge in [-0.2, -0.15) is 0 Å². The first-order valence-corrected chi connectivity index (χ1v) is 28.8. The summed E-state index contributed by atoms with van der Waals surface area (Å²) in [7, 11) is 4.14. The second-order valence-electron chi connectivity index (χ2n) is 21.0. The molecule has 0 aromatic heterocycles. The number of rotatable bonds is 12. The van der Waals surface area contributed by atoms with Crippen LogP contribution in [0.4, 0.5) is 5.69 Å². The minimum atomic E-state index is -0.120. The number of hydrogen-bond donors (Lipinski definition) is 0. The van der Waals surface area contributed by atoms with E-state index in [0.29, 0.717) is 17.8 Å². The molecule has 4 fully saturated rings. The monoisotopic (exact) mass is 870 g/mol. The fourth-order valence-electron chi connectivity index (χ4n) is 12.0. The molecule has 0 radical (unpaired) electrons. The first kappa shape index (κ1) is 47.5. The van der Waals surface area contributed by atoms with Crippen molar-refractivity contribution in [2.24, 2.45) is 0 Å². The number of hydrogen-bond acceptors (Lipinski definition) is 1. The normalized spacial score (nSPS) is 18.8. The quantitative estimate of drug-likeness (QED) is 0.128. The molecular formula is C59H85NP2. The first-order chi connectivity index (χ1) is 30.1. The lowest BCUT2D eigenvalue weighted by molar-refractivity contribution is 0.487. The highest BCUT2D eigenvalue weighted by Gasteiger charge is 2.36. The summed E-state index contributed by atoms with van der Waals surface area (Å²) < 4.78 is 0. The standard InChI is InChI=1S/C33H49P.C26H36NP/c1-23(2)26-21-30(24(3)4)33(31(22-26)25(5)6)29-19-13-14-20-32(29)34(27-15-9-7-10-16-27)28-17-11-8-12-18-28;1-27(2)25-19-11-9-17-23(25)24-18-10-12-20-26(24)28(21-13-5-3-6-14-21)22-15-7-4-8-16-22/h13-14,19-25,27-28H,7-12,15-18H2,1-6H3;9-12,17-22H,3-8,13-16H2,1-2H3. The summed E-state index contributed by atoms with van der Waals surface area (Å²) in [6, 6.07) is 33.3. The summed E-state index contributed by atoms with van der Waals surface area (Å²) in [5, 5.41) is 3.45. The van der Waals surface area contributed by atoms with Crippen molar-refractivity contribution in [1.29, 1.82) is 0 Å². The zero-order valence-electron chi connectivity index (χ0n) is 40.6. The molecular weight excluding hydrogens is 785 g/mol. The Kier molecular flexibility index (Phi) is 17.7. The van der Waals surface area contributed by atoms with Crippen LogP contribution in [0.25, 0.3) is 22.3 Å². The van der Waals surface area contributed by atoms with Crippen molar-refractivity contribution in [3.05, 3.63) is 102 Å². The molecule has 8 rings (SSSR count). The fourth-order valence-corrected chi connectivity index (χ4v) is 19.9. The maximum Gasteiger partial charge on any atom is 0.0440 e. The highest BCUT2D eigenvalue weighted by atomic mass is 31.1. The van der Waals surface area contributed by atoms with Gasteiger partial charge in [0.25, 0.3) is 0 Å². The molecule has 0 bridgehead atoms. The Labute approximate surface area is 383 Å². The van der Waals surface area contributed by atoms with E-state index < -0.39 is 0 Å². The molecule has 0 saturated heterocycles. The highest BCUT2D eigenvalue weighted by molar-refractivity contribution is 7.67. The summed E-state index contributed by atoms with van der Waals surface area (Å²) in [6.07, 6.45) is 29.2. The van der Waals surface area contributed by atoms with Crippen molar-refractivity contribution in [3.8, 4) is 22.3 Å². The molecule has 0 unspecified atom stereocenters. The lowest BCUT2D eigenvalue weighted by Gasteiger charge is -2.40. The predicted octanol–water partition coefficient (Wildman–Crippen LogP) is 17.7. The van der Waals surface area contributed by atoms with Crippen LogP contribution in [0.15, 0.2) is 84.9 Å². The molecule has 0 amide bonds. The lowest BCUT2D eigenvalue weighted by Crippen LogP contribution is -2.27. The average molecular weight is 870 g/mol. The van der Waals surface area contributed by atoms with Crippen LogP contribution in [-0.4, -0.2) is 36.7 Å². The van der Waals surface area contributed by atoms with E-state index in [4.69, 9.17) is 0 Å². The van der Waals surface area contributed by atoms with Gasteiger partial charge in [0.15, 0.2) is 0 Å². The Hall–Kier alpha value is -2.46. The van der Waals surface area contributed by atoms with Crippen LogP contribution in [0.3, 0.4) is 0 Å². The Bertz CT molecular complexity index is 1900. The fraction of sp³-hybridized carbons (Fsp3) is 0.593. The summed E-state index contributed by atoms with van der Waals surface area (Å²) in [5.74, 6) is 1.64. The van der Waals surface area contributed by atoms with Crippen LogP contribution >= 0.6 is 15.8 Å². The number of nitrogens with zero attached hydrogens (tertiary/aromatic N) is 1. The highest BCUT2D eigenvalue weighted by Crippen LogP contribution is 2.58. The van der Waals surface area contributed by atoms with Gasteiger partial charge in [0, 0.05) is 25.3 Å². The number of para-hydroxylation sites is 1. The first-order valence-electron chi connectivity index (χ1n) is 25.8. The van der Waals surface area contributed by atoms with Crippen molar-refractivity contribution in [3.63, 3.8) is 0 Å². The van der Waals surface area contributed by atoms with Crippen LogP contribution in [0.2, 0.25) is 0 Å². The van der Waals surface area contributed by atoms with Crippen LogP contribution in [0.1, 0.15) is 204 Å².